The summed E-state index contributed by atoms with van der Waals surface area (Å²) in [6.07, 6.45) is 1.17. The van der Waals surface area contributed by atoms with Gasteiger partial charge in [0.05, 0.1) is 5.56 Å². The number of aryl methyl sites for hydroxylation is 1. The van der Waals surface area contributed by atoms with E-state index in [1.165, 1.54) is 11.6 Å². The third-order valence-electron chi connectivity index (χ3n) is 3.25. The number of carboxylic acids is 1. The number of hydrogen-bond acceptors (Lipinski definition) is 2. The van der Waals surface area contributed by atoms with Crippen LogP contribution in [0.15, 0.2) is 48.5 Å². The van der Waals surface area contributed by atoms with Crippen molar-refractivity contribution in [1.82, 2.24) is 0 Å². The van der Waals surface area contributed by atoms with Crippen LogP contribution in [0.2, 0.25) is 0 Å². The SMILES string of the molecule is CCc1ccc(CC(=O)c2ccccc2C(=O)O)cc1. The Morgan fingerprint density at radius 1 is 0.900 bits per heavy atom. The number of carboxylic acid groups (broad SMARTS) is 1. The largest absolute Gasteiger partial charge is 0.478 e. The van der Waals surface area contributed by atoms with Crippen molar-refractivity contribution < 1.29 is 14.7 Å². The lowest BCUT2D eigenvalue weighted by molar-refractivity contribution is 0.0692. The molecule has 102 valence electrons. The zero-order valence-corrected chi connectivity index (χ0v) is 11.3. The molecule has 2 aromatic carbocycles. The van der Waals surface area contributed by atoms with Gasteiger partial charge in [-0.2, -0.15) is 0 Å². The van der Waals surface area contributed by atoms with Crippen LogP contribution in [0.5, 0.6) is 0 Å². The highest BCUT2D eigenvalue weighted by Gasteiger charge is 2.15. The maximum absolute atomic E-state index is 12.2. The molecule has 0 spiro atoms. The van der Waals surface area contributed by atoms with Crippen molar-refractivity contribution in [2.45, 2.75) is 19.8 Å². The number of carbonyl (C=O) groups excluding carboxylic acids is 1. The summed E-state index contributed by atoms with van der Waals surface area (Å²) in [6, 6.07) is 14.1. The summed E-state index contributed by atoms with van der Waals surface area (Å²) in [5.74, 6) is -1.25. The first-order chi connectivity index (χ1) is 9.61. The quantitative estimate of drug-likeness (QED) is 0.846. The topological polar surface area (TPSA) is 54.4 Å². The van der Waals surface area contributed by atoms with Crippen molar-refractivity contribution in [2.24, 2.45) is 0 Å². The molecule has 2 rings (SSSR count). The Balaban J connectivity index is 2.21. The van der Waals surface area contributed by atoms with Crippen LogP contribution in [0, 0.1) is 0 Å². The normalized spacial score (nSPS) is 10.2. The van der Waals surface area contributed by atoms with Gasteiger partial charge in [0.2, 0.25) is 0 Å². The van der Waals surface area contributed by atoms with Crippen LogP contribution in [0.3, 0.4) is 0 Å². The summed E-state index contributed by atoms with van der Waals surface area (Å²) < 4.78 is 0. The van der Waals surface area contributed by atoms with E-state index in [0.29, 0.717) is 0 Å². The molecule has 0 heterocycles. The van der Waals surface area contributed by atoms with Gasteiger partial charge in [-0.15, -0.1) is 0 Å². The van der Waals surface area contributed by atoms with Crippen LogP contribution in [-0.4, -0.2) is 16.9 Å². The summed E-state index contributed by atoms with van der Waals surface area (Å²) in [6.45, 7) is 2.07. The van der Waals surface area contributed by atoms with Gasteiger partial charge in [0.1, 0.15) is 0 Å². The molecule has 0 aromatic heterocycles. The molecule has 2 aromatic rings. The first-order valence-corrected chi connectivity index (χ1v) is 6.55. The summed E-state index contributed by atoms with van der Waals surface area (Å²) >= 11 is 0. The predicted molar refractivity (Wildman–Crippen MR) is 77.3 cm³/mol. The van der Waals surface area contributed by atoms with Crippen LogP contribution in [-0.2, 0) is 12.8 Å². The highest BCUT2D eigenvalue weighted by Crippen LogP contribution is 2.14. The smallest absolute Gasteiger partial charge is 0.336 e. The molecule has 0 aliphatic carbocycles. The molecule has 3 nitrogen and oxygen atoms in total. The van der Waals surface area contributed by atoms with Gasteiger partial charge >= 0.3 is 5.97 Å². The van der Waals surface area contributed by atoms with Crippen molar-refractivity contribution in [1.29, 1.82) is 0 Å². The molecule has 0 atom stereocenters. The molecule has 0 amide bonds. The fourth-order valence-corrected chi connectivity index (χ4v) is 2.09. The number of ketones is 1. The van der Waals surface area contributed by atoms with E-state index in [9.17, 15) is 9.59 Å². The summed E-state index contributed by atoms with van der Waals surface area (Å²) in [4.78, 5) is 23.3. The molecule has 0 aliphatic heterocycles. The van der Waals surface area contributed by atoms with Crippen LogP contribution in [0.25, 0.3) is 0 Å². The van der Waals surface area contributed by atoms with Crippen LogP contribution < -0.4 is 0 Å². The molecule has 20 heavy (non-hydrogen) atoms. The fourth-order valence-electron chi connectivity index (χ4n) is 2.09. The van der Waals surface area contributed by atoms with Crippen LogP contribution in [0.4, 0.5) is 0 Å². The van der Waals surface area contributed by atoms with Gasteiger partial charge in [0.25, 0.3) is 0 Å². The van der Waals surface area contributed by atoms with Crippen LogP contribution in [0.1, 0.15) is 38.8 Å². The molecule has 0 saturated carbocycles. The standard InChI is InChI=1S/C17H16O3/c1-2-12-7-9-13(10-8-12)11-16(18)14-5-3-4-6-15(14)17(19)20/h3-10H,2,11H2,1H3,(H,19,20). The zero-order valence-electron chi connectivity index (χ0n) is 11.3. The fraction of sp³-hybridized carbons (Fsp3) is 0.176. The van der Waals surface area contributed by atoms with Crippen molar-refractivity contribution in [3.63, 3.8) is 0 Å². The minimum absolute atomic E-state index is 0.0580. The minimum atomic E-state index is -1.07. The number of hydrogen-bond donors (Lipinski definition) is 1. The first kappa shape index (κ1) is 14.0. The minimum Gasteiger partial charge on any atom is -0.478 e. The lowest BCUT2D eigenvalue weighted by atomic mass is 9.98. The number of benzene rings is 2. The van der Waals surface area contributed by atoms with E-state index in [1.54, 1.807) is 18.2 Å². The number of aromatic carboxylic acids is 1. The lowest BCUT2D eigenvalue weighted by Gasteiger charge is -2.06. The van der Waals surface area contributed by atoms with E-state index in [1.807, 2.05) is 24.3 Å². The van der Waals surface area contributed by atoms with Gasteiger partial charge in [0, 0.05) is 12.0 Å². The van der Waals surface area contributed by atoms with E-state index < -0.39 is 5.97 Å². The van der Waals surface area contributed by atoms with Gasteiger partial charge in [-0.1, -0.05) is 49.4 Å². The van der Waals surface area contributed by atoms with Gasteiger partial charge in [-0.05, 0) is 23.6 Å². The molecule has 0 bridgehead atoms. The molecular weight excluding hydrogens is 252 g/mol. The average Bonchev–Trinajstić information content (AvgIpc) is 2.48. The Hall–Kier alpha value is -2.42. The second kappa shape index (κ2) is 6.15. The maximum atomic E-state index is 12.2. The Morgan fingerprint density at radius 3 is 2.00 bits per heavy atom. The highest BCUT2D eigenvalue weighted by molar-refractivity contribution is 6.06. The Bertz CT molecular complexity index is 627. The van der Waals surface area contributed by atoms with E-state index in [-0.39, 0.29) is 23.3 Å². The molecule has 0 unspecified atom stereocenters. The second-order valence-corrected chi connectivity index (χ2v) is 4.62. The Labute approximate surface area is 117 Å². The summed E-state index contributed by atoms with van der Waals surface area (Å²) in [7, 11) is 0. The van der Waals surface area contributed by atoms with Crippen LogP contribution >= 0.6 is 0 Å². The summed E-state index contributed by atoms with van der Waals surface area (Å²) in [5, 5.41) is 9.10. The molecule has 3 heteroatoms. The van der Waals surface area contributed by atoms with E-state index in [4.69, 9.17) is 5.11 Å². The van der Waals surface area contributed by atoms with Gasteiger partial charge in [-0.25, -0.2) is 4.79 Å². The zero-order chi connectivity index (χ0) is 14.5. The highest BCUT2D eigenvalue weighted by atomic mass is 16.4. The lowest BCUT2D eigenvalue weighted by Crippen LogP contribution is -2.10. The molecule has 0 radical (unpaired) electrons. The monoisotopic (exact) mass is 268 g/mol. The molecular formula is C17H16O3. The molecule has 0 saturated heterocycles. The number of carbonyl (C=O) groups is 2. The van der Waals surface area contributed by atoms with Crippen molar-refractivity contribution in [3.8, 4) is 0 Å². The first-order valence-electron chi connectivity index (χ1n) is 6.55. The number of Topliss-reactive ketones (excluding diaryl/α,β-unsaturated/α-hetero) is 1. The molecule has 0 aliphatic rings. The molecule has 0 fully saturated rings. The number of rotatable bonds is 5. The van der Waals surface area contributed by atoms with Gasteiger partial charge in [0.15, 0.2) is 5.78 Å². The average molecular weight is 268 g/mol. The van der Waals surface area contributed by atoms with E-state index in [2.05, 4.69) is 6.92 Å². The Morgan fingerprint density at radius 2 is 1.45 bits per heavy atom. The third-order valence-corrected chi connectivity index (χ3v) is 3.25. The van der Waals surface area contributed by atoms with Crippen molar-refractivity contribution in [3.05, 3.63) is 70.8 Å². The van der Waals surface area contributed by atoms with E-state index >= 15 is 0 Å². The van der Waals surface area contributed by atoms with E-state index in [0.717, 1.165) is 12.0 Å². The van der Waals surface area contributed by atoms with Crippen molar-refractivity contribution >= 4 is 11.8 Å². The third kappa shape index (κ3) is 3.12. The molecule has 1 N–H and O–H groups in total. The van der Waals surface area contributed by atoms with Gasteiger partial charge in [-0.3, -0.25) is 4.79 Å². The van der Waals surface area contributed by atoms with Crippen molar-refractivity contribution in [2.75, 3.05) is 0 Å². The Kier molecular flexibility index (Phi) is 4.31. The predicted octanol–water partition coefficient (Wildman–Crippen LogP) is 3.37. The maximum Gasteiger partial charge on any atom is 0.336 e. The van der Waals surface area contributed by atoms with Gasteiger partial charge < -0.3 is 5.11 Å². The summed E-state index contributed by atoms with van der Waals surface area (Å²) in [5.41, 5.74) is 2.43. The second-order valence-electron chi connectivity index (χ2n) is 4.62.